The third kappa shape index (κ3) is 5.59. The fraction of sp³-hybridized carbons (Fsp3) is 0.429. The zero-order valence-electron chi connectivity index (χ0n) is 11.9. The lowest BCUT2D eigenvalue weighted by Gasteiger charge is -2.21. The molecule has 0 unspecified atom stereocenters. The van der Waals surface area contributed by atoms with Crippen LogP contribution in [0.25, 0.3) is 0 Å². The summed E-state index contributed by atoms with van der Waals surface area (Å²) in [7, 11) is 0. The average Bonchev–Trinajstić information content (AvgIpc) is 2.33. The summed E-state index contributed by atoms with van der Waals surface area (Å²) in [6.07, 6.45) is 0. The van der Waals surface area contributed by atoms with Gasteiger partial charge in [-0.25, -0.2) is 0 Å². The van der Waals surface area contributed by atoms with E-state index in [0.717, 1.165) is 5.57 Å². The van der Waals surface area contributed by atoms with Gasteiger partial charge in [0.15, 0.2) is 5.75 Å². The van der Waals surface area contributed by atoms with Crippen molar-refractivity contribution in [2.75, 3.05) is 13.2 Å². The van der Waals surface area contributed by atoms with E-state index in [1.54, 1.807) is 6.07 Å². The number of nitrogens with one attached hydrogen (secondary N) is 1. The van der Waals surface area contributed by atoms with Crippen LogP contribution >= 0.6 is 11.6 Å². The molecule has 110 valence electrons. The standard InChI is InChI=1S/C14H19ClN2O3/c1-10(8-16-14(2,3)4)9-20-13-6-5-11(15)7-12(13)17(18)19/h5-7,16H,1,8-9H2,2-4H3. The molecule has 1 aromatic rings. The molecule has 0 aliphatic carbocycles. The van der Waals surface area contributed by atoms with Gasteiger partial charge in [-0.3, -0.25) is 10.1 Å². The number of ether oxygens (including phenoxy) is 1. The van der Waals surface area contributed by atoms with Crippen LogP contribution < -0.4 is 10.1 Å². The zero-order chi connectivity index (χ0) is 15.3. The Morgan fingerprint density at radius 1 is 1.50 bits per heavy atom. The molecule has 0 amide bonds. The lowest BCUT2D eigenvalue weighted by Crippen LogP contribution is -2.37. The van der Waals surface area contributed by atoms with Gasteiger partial charge < -0.3 is 10.1 Å². The quantitative estimate of drug-likeness (QED) is 0.495. The molecule has 0 aliphatic rings. The van der Waals surface area contributed by atoms with Gasteiger partial charge in [0.2, 0.25) is 0 Å². The summed E-state index contributed by atoms with van der Waals surface area (Å²) in [5.41, 5.74) is 0.646. The molecule has 0 bridgehead atoms. The van der Waals surface area contributed by atoms with Gasteiger partial charge >= 0.3 is 5.69 Å². The SMILES string of the molecule is C=C(CNC(C)(C)C)COc1ccc(Cl)cc1[N+](=O)[O-]. The number of halogens is 1. The molecular formula is C14H19ClN2O3. The number of rotatable bonds is 6. The van der Waals surface area contributed by atoms with Crippen LogP contribution in [0.4, 0.5) is 5.69 Å². The van der Waals surface area contributed by atoms with Crippen LogP contribution in [0.3, 0.4) is 0 Å². The van der Waals surface area contributed by atoms with Crippen LogP contribution in [-0.2, 0) is 0 Å². The topological polar surface area (TPSA) is 64.4 Å². The van der Waals surface area contributed by atoms with Gasteiger partial charge in [-0.2, -0.15) is 0 Å². The smallest absolute Gasteiger partial charge is 0.312 e. The van der Waals surface area contributed by atoms with Gasteiger partial charge in [-0.1, -0.05) is 18.2 Å². The number of hydrogen-bond donors (Lipinski definition) is 1. The molecular weight excluding hydrogens is 280 g/mol. The van der Waals surface area contributed by atoms with E-state index in [4.69, 9.17) is 16.3 Å². The maximum atomic E-state index is 10.9. The lowest BCUT2D eigenvalue weighted by molar-refractivity contribution is -0.385. The van der Waals surface area contributed by atoms with E-state index in [-0.39, 0.29) is 23.6 Å². The van der Waals surface area contributed by atoms with Crippen molar-refractivity contribution >= 4 is 17.3 Å². The maximum absolute atomic E-state index is 10.9. The maximum Gasteiger partial charge on any atom is 0.312 e. The van der Waals surface area contributed by atoms with Crippen LogP contribution in [-0.4, -0.2) is 23.6 Å². The predicted molar refractivity (Wildman–Crippen MR) is 80.5 cm³/mol. The summed E-state index contributed by atoms with van der Waals surface area (Å²) < 4.78 is 5.44. The second-order valence-corrected chi connectivity index (χ2v) is 5.95. The molecule has 20 heavy (non-hydrogen) atoms. The Morgan fingerprint density at radius 3 is 2.70 bits per heavy atom. The molecule has 0 aliphatic heterocycles. The Labute approximate surface area is 123 Å². The van der Waals surface area contributed by atoms with Gasteiger partial charge in [0, 0.05) is 23.2 Å². The number of nitro benzene ring substituents is 1. The summed E-state index contributed by atoms with van der Waals surface area (Å²) in [6, 6.07) is 4.32. The Morgan fingerprint density at radius 2 is 2.15 bits per heavy atom. The normalized spacial score (nSPS) is 11.2. The molecule has 0 saturated carbocycles. The van der Waals surface area contributed by atoms with Crippen LogP contribution in [0.1, 0.15) is 20.8 Å². The second kappa shape index (κ2) is 6.72. The van der Waals surface area contributed by atoms with Crippen LogP contribution in [0, 0.1) is 10.1 Å². The molecule has 5 nitrogen and oxygen atoms in total. The zero-order valence-corrected chi connectivity index (χ0v) is 12.7. The summed E-state index contributed by atoms with van der Waals surface area (Å²) in [5, 5.41) is 14.5. The molecule has 1 N–H and O–H groups in total. The second-order valence-electron chi connectivity index (χ2n) is 5.51. The minimum atomic E-state index is -0.516. The van der Waals surface area contributed by atoms with Gasteiger partial charge in [-0.05, 0) is 38.5 Å². The Balaban J connectivity index is 2.62. The average molecular weight is 299 g/mol. The first-order valence-electron chi connectivity index (χ1n) is 6.17. The van der Waals surface area contributed by atoms with Crippen molar-refractivity contribution in [1.82, 2.24) is 5.32 Å². The van der Waals surface area contributed by atoms with E-state index >= 15 is 0 Å². The van der Waals surface area contributed by atoms with Gasteiger partial charge in [0.05, 0.1) is 4.92 Å². The monoisotopic (exact) mass is 298 g/mol. The van der Waals surface area contributed by atoms with E-state index in [9.17, 15) is 10.1 Å². The third-order valence-corrected chi connectivity index (χ3v) is 2.65. The minimum Gasteiger partial charge on any atom is -0.482 e. The summed E-state index contributed by atoms with van der Waals surface area (Å²) in [6.45, 7) is 10.8. The van der Waals surface area contributed by atoms with E-state index in [1.807, 2.05) is 20.8 Å². The first-order chi connectivity index (χ1) is 9.19. The first kappa shape index (κ1) is 16.5. The highest BCUT2D eigenvalue weighted by atomic mass is 35.5. The summed E-state index contributed by atoms with van der Waals surface area (Å²) in [5.74, 6) is 0.191. The molecule has 0 saturated heterocycles. The molecule has 0 aromatic heterocycles. The summed E-state index contributed by atoms with van der Waals surface area (Å²) in [4.78, 5) is 10.4. The molecule has 6 heteroatoms. The number of nitrogens with zero attached hydrogens (tertiary/aromatic N) is 1. The van der Waals surface area contributed by atoms with Crippen molar-refractivity contribution in [3.8, 4) is 5.75 Å². The molecule has 0 fully saturated rings. The Kier molecular flexibility index (Phi) is 5.53. The highest BCUT2D eigenvalue weighted by Crippen LogP contribution is 2.30. The van der Waals surface area contributed by atoms with E-state index < -0.39 is 4.92 Å². The number of hydrogen-bond acceptors (Lipinski definition) is 4. The molecule has 1 aromatic carbocycles. The van der Waals surface area contributed by atoms with Gasteiger partial charge in [-0.15, -0.1) is 0 Å². The fourth-order valence-corrected chi connectivity index (χ4v) is 1.54. The largest absolute Gasteiger partial charge is 0.482 e. The highest BCUT2D eigenvalue weighted by molar-refractivity contribution is 6.30. The Hall–Kier alpha value is -1.59. The molecule has 0 spiro atoms. The van der Waals surface area contributed by atoms with Gasteiger partial charge in [0.25, 0.3) is 0 Å². The van der Waals surface area contributed by atoms with Crippen molar-refractivity contribution in [3.63, 3.8) is 0 Å². The van der Waals surface area contributed by atoms with Crippen LogP contribution in [0.5, 0.6) is 5.75 Å². The van der Waals surface area contributed by atoms with Crippen LogP contribution in [0.2, 0.25) is 5.02 Å². The highest BCUT2D eigenvalue weighted by Gasteiger charge is 2.16. The van der Waals surface area contributed by atoms with E-state index in [2.05, 4.69) is 11.9 Å². The Bertz CT molecular complexity index is 510. The van der Waals surface area contributed by atoms with E-state index in [1.165, 1.54) is 12.1 Å². The fourth-order valence-electron chi connectivity index (χ4n) is 1.38. The molecule has 0 radical (unpaired) electrons. The number of benzene rings is 1. The summed E-state index contributed by atoms with van der Waals surface area (Å²) >= 11 is 5.74. The predicted octanol–water partition coefficient (Wildman–Crippen LogP) is 3.57. The minimum absolute atomic E-state index is 0.0186. The molecule has 1 rings (SSSR count). The van der Waals surface area contributed by atoms with Crippen molar-refractivity contribution < 1.29 is 9.66 Å². The van der Waals surface area contributed by atoms with Crippen molar-refractivity contribution in [2.24, 2.45) is 0 Å². The third-order valence-electron chi connectivity index (χ3n) is 2.42. The number of nitro groups is 1. The van der Waals surface area contributed by atoms with Crippen molar-refractivity contribution in [3.05, 3.63) is 45.5 Å². The lowest BCUT2D eigenvalue weighted by atomic mass is 10.1. The first-order valence-corrected chi connectivity index (χ1v) is 6.55. The van der Waals surface area contributed by atoms with Crippen molar-refractivity contribution in [2.45, 2.75) is 26.3 Å². The van der Waals surface area contributed by atoms with E-state index in [0.29, 0.717) is 11.6 Å². The van der Waals surface area contributed by atoms with Crippen molar-refractivity contribution in [1.29, 1.82) is 0 Å². The van der Waals surface area contributed by atoms with Crippen LogP contribution in [0.15, 0.2) is 30.4 Å². The molecule has 0 heterocycles. The molecule has 0 atom stereocenters. The van der Waals surface area contributed by atoms with Gasteiger partial charge in [0.1, 0.15) is 6.61 Å².